The molecule has 0 saturated heterocycles. The van der Waals surface area contributed by atoms with Crippen molar-refractivity contribution >= 4 is 5.71 Å². The van der Waals surface area contributed by atoms with Gasteiger partial charge < -0.3 is 14.7 Å². The van der Waals surface area contributed by atoms with Gasteiger partial charge in [-0.1, -0.05) is 62.1 Å². The lowest BCUT2D eigenvalue weighted by Gasteiger charge is -2.15. The second kappa shape index (κ2) is 10.6. The van der Waals surface area contributed by atoms with E-state index in [0.717, 1.165) is 41.3 Å². The molecular formula is C29H33N3O. The third-order valence-electron chi connectivity index (χ3n) is 6.59. The summed E-state index contributed by atoms with van der Waals surface area (Å²) in [6.45, 7) is 0.545. The Morgan fingerprint density at radius 3 is 2.73 bits per heavy atom. The van der Waals surface area contributed by atoms with Gasteiger partial charge in [-0.2, -0.15) is 0 Å². The highest BCUT2D eigenvalue weighted by Gasteiger charge is 2.20. The highest BCUT2D eigenvalue weighted by molar-refractivity contribution is 6.10. The van der Waals surface area contributed by atoms with Gasteiger partial charge in [0.05, 0.1) is 11.4 Å². The van der Waals surface area contributed by atoms with E-state index in [1.54, 1.807) is 0 Å². The fourth-order valence-corrected chi connectivity index (χ4v) is 4.79. The number of benzene rings is 1. The molecule has 0 radical (unpaired) electrons. The van der Waals surface area contributed by atoms with Crippen LogP contribution in [0.2, 0.25) is 0 Å². The van der Waals surface area contributed by atoms with Crippen LogP contribution in [0.4, 0.5) is 0 Å². The lowest BCUT2D eigenvalue weighted by molar-refractivity contribution is 0.207. The largest absolute Gasteiger partial charge is 0.487 e. The molecule has 4 heteroatoms. The van der Waals surface area contributed by atoms with Crippen molar-refractivity contribution < 1.29 is 4.74 Å². The molecule has 1 aromatic carbocycles. The number of aliphatic imine (C=N–C) groups is 1. The fraction of sp³-hybridized carbons (Fsp3) is 0.345. The molecule has 1 aliphatic heterocycles. The number of H-pyrrole nitrogens is 2. The van der Waals surface area contributed by atoms with Gasteiger partial charge >= 0.3 is 0 Å². The van der Waals surface area contributed by atoms with Gasteiger partial charge in [0.15, 0.2) is 0 Å². The first kappa shape index (κ1) is 21.6. The van der Waals surface area contributed by atoms with Gasteiger partial charge in [-0.15, -0.1) is 0 Å². The molecule has 170 valence electrons. The number of nitrogens with one attached hydrogen (secondary N) is 2. The van der Waals surface area contributed by atoms with E-state index in [4.69, 9.17) is 9.73 Å². The molecule has 2 bridgehead atoms. The van der Waals surface area contributed by atoms with Crippen LogP contribution in [0, 0.1) is 5.92 Å². The average molecular weight is 440 g/mol. The smallest absolute Gasteiger partial charge is 0.147 e. The molecule has 3 heterocycles. The molecule has 5 rings (SSSR count). The molecule has 4 nitrogen and oxygen atoms in total. The SMILES string of the molecule is C(=C1N=C(c2ccc[nH]2)C=C1OCc1ccccc1)C1CCCCCCCc2cc(c[nH]2)C1. The molecule has 2 N–H and O–H groups in total. The van der Waals surface area contributed by atoms with Gasteiger partial charge in [0, 0.05) is 24.2 Å². The molecule has 1 atom stereocenters. The zero-order chi connectivity index (χ0) is 22.3. The Bertz CT molecular complexity index is 1120. The monoisotopic (exact) mass is 439 g/mol. The second-order valence-electron chi connectivity index (χ2n) is 9.22. The second-order valence-corrected chi connectivity index (χ2v) is 9.22. The third-order valence-corrected chi connectivity index (χ3v) is 6.59. The van der Waals surface area contributed by atoms with Crippen LogP contribution in [0.3, 0.4) is 0 Å². The summed E-state index contributed by atoms with van der Waals surface area (Å²) in [5, 5.41) is 0. The fourth-order valence-electron chi connectivity index (χ4n) is 4.79. The van der Waals surface area contributed by atoms with Gasteiger partial charge in [-0.05, 0) is 60.9 Å². The van der Waals surface area contributed by atoms with Crippen molar-refractivity contribution in [1.29, 1.82) is 0 Å². The highest BCUT2D eigenvalue weighted by Crippen LogP contribution is 2.29. The number of hydrogen-bond acceptors (Lipinski definition) is 2. The molecule has 3 aromatic rings. The van der Waals surface area contributed by atoms with Gasteiger partial charge in [-0.25, -0.2) is 4.99 Å². The summed E-state index contributed by atoms with van der Waals surface area (Å²) in [4.78, 5) is 11.8. The van der Waals surface area contributed by atoms with Gasteiger partial charge in [0.25, 0.3) is 0 Å². The van der Waals surface area contributed by atoms with E-state index in [0.29, 0.717) is 12.5 Å². The van der Waals surface area contributed by atoms with Crippen LogP contribution in [0.1, 0.15) is 61.0 Å². The van der Waals surface area contributed by atoms with Crippen molar-refractivity contribution in [3.63, 3.8) is 0 Å². The summed E-state index contributed by atoms with van der Waals surface area (Å²) in [5.41, 5.74) is 6.85. The minimum Gasteiger partial charge on any atom is -0.487 e. The van der Waals surface area contributed by atoms with Crippen molar-refractivity contribution in [2.75, 3.05) is 0 Å². The minimum absolute atomic E-state index is 0.443. The lowest BCUT2D eigenvalue weighted by atomic mass is 9.92. The number of allylic oxidation sites excluding steroid dienone is 2. The molecular weight excluding hydrogens is 406 g/mol. The maximum absolute atomic E-state index is 6.30. The number of aryl methyl sites for hydroxylation is 1. The first-order valence-electron chi connectivity index (χ1n) is 12.3. The lowest BCUT2D eigenvalue weighted by Crippen LogP contribution is -2.04. The summed E-state index contributed by atoms with van der Waals surface area (Å²) >= 11 is 0. The zero-order valence-corrected chi connectivity index (χ0v) is 19.2. The van der Waals surface area contributed by atoms with Crippen molar-refractivity contribution in [3.8, 4) is 0 Å². The van der Waals surface area contributed by atoms with E-state index >= 15 is 0 Å². The number of rotatable bonds is 5. The van der Waals surface area contributed by atoms with Crippen molar-refractivity contribution in [2.45, 2.75) is 58.0 Å². The molecule has 2 aromatic heterocycles. The zero-order valence-electron chi connectivity index (χ0n) is 19.2. The average Bonchev–Trinajstić information content (AvgIpc) is 3.58. The Morgan fingerprint density at radius 1 is 0.970 bits per heavy atom. The van der Waals surface area contributed by atoms with Crippen LogP contribution >= 0.6 is 0 Å². The predicted octanol–water partition coefficient (Wildman–Crippen LogP) is 6.89. The van der Waals surface area contributed by atoms with Crippen LogP contribution in [-0.2, 0) is 24.2 Å². The molecule has 2 aliphatic rings. The number of nitrogens with zero attached hydrogens (tertiary/aromatic N) is 1. The van der Waals surface area contributed by atoms with E-state index in [2.05, 4.69) is 64.7 Å². The van der Waals surface area contributed by atoms with E-state index in [1.165, 1.54) is 49.8 Å². The first-order chi connectivity index (χ1) is 16.3. The summed E-state index contributed by atoms with van der Waals surface area (Å²) in [6.07, 6.45) is 18.5. The maximum atomic E-state index is 6.30. The highest BCUT2D eigenvalue weighted by atomic mass is 16.5. The minimum atomic E-state index is 0.443. The Hall–Kier alpha value is -3.27. The van der Waals surface area contributed by atoms with Gasteiger partial charge in [-0.3, -0.25) is 0 Å². The van der Waals surface area contributed by atoms with Gasteiger partial charge in [0.1, 0.15) is 18.1 Å². The van der Waals surface area contributed by atoms with E-state index in [-0.39, 0.29) is 0 Å². The van der Waals surface area contributed by atoms with Crippen molar-refractivity contribution in [3.05, 3.63) is 107 Å². The maximum Gasteiger partial charge on any atom is 0.147 e. The van der Waals surface area contributed by atoms with E-state index < -0.39 is 0 Å². The van der Waals surface area contributed by atoms with Crippen LogP contribution in [0.25, 0.3) is 0 Å². The Kier molecular flexibility index (Phi) is 6.90. The summed E-state index contributed by atoms with van der Waals surface area (Å²) in [5.74, 6) is 1.31. The van der Waals surface area contributed by atoms with Crippen molar-refractivity contribution in [2.24, 2.45) is 10.9 Å². The van der Waals surface area contributed by atoms with E-state index in [1.807, 2.05) is 18.3 Å². The third kappa shape index (κ3) is 5.75. The molecule has 1 unspecified atom stereocenters. The van der Waals surface area contributed by atoms with Gasteiger partial charge in [0.2, 0.25) is 0 Å². The Balaban J connectivity index is 1.39. The molecule has 0 saturated carbocycles. The summed E-state index contributed by atoms with van der Waals surface area (Å²) in [6, 6.07) is 16.8. The summed E-state index contributed by atoms with van der Waals surface area (Å²) < 4.78 is 6.30. The van der Waals surface area contributed by atoms with Crippen LogP contribution in [0.5, 0.6) is 0 Å². The van der Waals surface area contributed by atoms with Crippen LogP contribution in [0.15, 0.2) is 89.5 Å². The molecule has 0 amide bonds. The standard InChI is InChI=1S/C29H33N3O/c1-2-5-12-23(16-24-17-25(31-20-24)13-8-3-1)18-28-29(33-21-22-10-6-4-7-11-22)19-27(32-28)26-14-9-15-30-26/h4,6-7,9-11,14-15,17-20,23,30-31H,1-3,5,8,12-13,16,21H2. The van der Waals surface area contributed by atoms with Crippen LogP contribution in [-0.4, -0.2) is 15.7 Å². The molecule has 1 aliphatic carbocycles. The van der Waals surface area contributed by atoms with E-state index in [9.17, 15) is 0 Å². The summed E-state index contributed by atoms with van der Waals surface area (Å²) in [7, 11) is 0. The molecule has 33 heavy (non-hydrogen) atoms. The number of fused-ring (bicyclic) bond motifs is 2. The number of aromatic amines is 2. The number of aromatic nitrogens is 2. The quantitative estimate of drug-likeness (QED) is 0.447. The number of hydrogen-bond donors (Lipinski definition) is 2. The van der Waals surface area contributed by atoms with Crippen molar-refractivity contribution in [1.82, 2.24) is 9.97 Å². The van der Waals surface area contributed by atoms with Crippen LogP contribution < -0.4 is 0 Å². The normalized spacial score (nSPS) is 20.6. The molecule has 0 fully saturated rings. The molecule has 0 spiro atoms. The Labute approximate surface area is 196 Å². The topological polar surface area (TPSA) is 53.2 Å². The first-order valence-corrected chi connectivity index (χ1v) is 12.3. The number of ether oxygens (including phenoxy) is 1. The predicted molar refractivity (Wildman–Crippen MR) is 134 cm³/mol. The Morgan fingerprint density at radius 2 is 1.85 bits per heavy atom.